The second-order valence-electron chi connectivity index (χ2n) is 3.75. The average molecular weight is 260 g/mol. The topological polar surface area (TPSA) is 20.3 Å². The van der Waals surface area contributed by atoms with Gasteiger partial charge in [0.1, 0.15) is 11.9 Å². The maximum Gasteiger partial charge on any atom is 0.242 e. The van der Waals surface area contributed by atoms with Crippen LogP contribution in [0, 0.1) is 20.8 Å². The molecule has 0 aromatic heterocycles. The van der Waals surface area contributed by atoms with E-state index in [9.17, 15) is 4.79 Å². The SMILES string of the molecule is Cc1ccc(C)c(N(CCl)C(=O)CCl)c1C. The molecule has 1 aromatic carbocycles. The van der Waals surface area contributed by atoms with E-state index in [0.29, 0.717) is 0 Å². The molecule has 1 amide bonds. The number of anilines is 1. The summed E-state index contributed by atoms with van der Waals surface area (Å²) in [5, 5.41) is 0. The summed E-state index contributed by atoms with van der Waals surface area (Å²) in [6.45, 7) is 5.96. The summed E-state index contributed by atoms with van der Waals surface area (Å²) in [5.41, 5.74) is 4.11. The monoisotopic (exact) mass is 259 g/mol. The van der Waals surface area contributed by atoms with Crippen molar-refractivity contribution in [2.24, 2.45) is 0 Å². The Morgan fingerprint density at radius 1 is 1.19 bits per heavy atom. The van der Waals surface area contributed by atoms with Gasteiger partial charge in [-0.05, 0) is 37.5 Å². The third-order valence-electron chi connectivity index (χ3n) is 2.71. The van der Waals surface area contributed by atoms with Gasteiger partial charge in [-0.3, -0.25) is 9.69 Å². The van der Waals surface area contributed by atoms with Crippen LogP contribution in [0.4, 0.5) is 5.69 Å². The van der Waals surface area contributed by atoms with E-state index >= 15 is 0 Å². The molecule has 0 radical (unpaired) electrons. The Balaban J connectivity index is 3.29. The smallest absolute Gasteiger partial charge is 0.242 e. The van der Waals surface area contributed by atoms with Crippen molar-refractivity contribution in [1.82, 2.24) is 0 Å². The molecule has 1 rings (SSSR count). The highest BCUT2D eigenvalue weighted by Crippen LogP contribution is 2.27. The first kappa shape index (κ1) is 13.3. The van der Waals surface area contributed by atoms with Crippen molar-refractivity contribution in [2.75, 3.05) is 16.8 Å². The molecule has 0 heterocycles. The Morgan fingerprint density at radius 2 is 1.75 bits per heavy atom. The number of amides is 1. The number of alkyl halides is 2. The number of carbonyl (C=O) groups excluding carboxylic acids is 1. The quantitative estimate of drug-likeness (QED) is 0.602. The lowest BCUT2D eigenvalue weighted by Crippen LogP contribution is -2.32. The molecule has 2 nitrogen and oxygen atoms in total. The summed E-state index contributed by atoms with van der Waals surface area (Å²) in [6.07, 6.45) is 0. The van der Waals surface area contributed by atoms with Gasteiger partial charge in [-0.25, -0.2) is 0 Å². The van der Waals surface area contributed by atoms with Crippen LogP contribution >= 0.6 is 23.2 Å². The van der Waals surface area contributed by atoms with Gasteiger partial charge >= 0.3 is 0 Å². The van der Waals surface area contributed by atoms with Gasteiger partial charge in [0.2, 0.25) is 5.91 Å². The Morgan fingerprint density at radius 3 is 2.25 bits per heavy atom. The van der Waals surface area contributed by atoms with Crippen molar-refractivity contribution in [1.29, 1.82) is 0 Å². The lowest BCUT2D eigenvalue weighted by molar-refractivity contribution is -0.116. The molecule has 4 heteroatoms. The maximum atomic E-state index is 11.7. The van der Waals surface area contributed by atoms with E-state index in [1.54, 1.807) is 0 Å². The molecule has 1 aromatic rings. The lowest BCUT2D eigenvalue weighted by atomic mass is 10.0. The van der Waals surface area contributed by atoms with Crippen molar-refractivity contribution in [3.05, 3.63) is 28.8 Å². The molecular formula is C12H15Cl2NO. The van der Waals surface area contributed by atoms with Crippen LogP contribution < -0.4 is 4.90 Å². The first-order valence-corrected chi connectivity index (χ1v) is 6.09. The molecular weight excluding hydrogens is 245 g/mol. The molecule has 0 bridgehead atoms. The molecule has 0 aliphatic carbocycles. The zero-order valence-corrected chi connectivity index (χ0v) is 11.2. The van der Waals surface area contributed by atoms with Crippen LogP contribution in [0.25, 0.3) is 0 Å². The highest BCUT2D eigenvalue weighted by Gasteiger charge is 2.18. The zero-order chi connectivity index (χ0) is 12.3. The molecule has 0 N–H and O–H groups in total. The van der Waals surface area contributed by atoms with E-state index in [2.05, 4.69) is 0 Å². The molecule has 0 unspecified atom stereocenters. The Bertz CT molecular complexity index is 404. The summed E-state index contributed by atoms with van der Waals surface area (Å²) in [6, 6.07) is 4.14. The van der Waals surface area contributed by atoms with Gasteiger partial charge in [0.05, 0.1) is 5.69 Å². The first-order valence-electron chi connectivity index (χ1n) is 5.02. The van der Waals surface area contributed by atoms with E-state index in [-0.39, 0.29) is 17.8 Å². The van der Waals surface area contributed by atoms with Crippen LogP contribution in [-0.4, -0.2) is 17.8 Å². The fourth-order valence-electron chi connectivity index (χ4n) is 1.68. The summed E-state index contributed by atoms with van der Waals surface area (Å²) in [7, 11) is 0. The van der Waals surface area contributed by atoms with Gasteiger partial charge in [0.15, 0.2) is 0 Å². The molecule has 0 saturated heterocycles. The number of hydrogen-bond acceptors (Lipinski definition) is 1. The molecule has 0 fully saturated rings. The third kappa shape index (κ3) is 2.50. The highest BCUT2D eigenvalue weighted by atomic mass is 35.5. The normalized spacial score (nSPS) is 10.3. The number of aryl methyl sites for hydroxylation is 2. The largest absolute Gasteiger partial charge is 0.297 e. The van der Waals surface area contributed by atoms with E-state index in [4.69, 9.17) is 23.2 Å². The van der Waals surface area contributed by atoms with Crippen LogP contribution in [0.1, 0.15) is 16.7 Å². The van der Waals surface area contributed by atoms with Gasteiger partial charge in [-0.1, -0.05) is 12.1 Å². The predicted octanol–water partition coefficient (Wildman–Crippen LogP) is 3.38. The van der Waals surface area contributed by atoms with E-state index in [0.717, 1.165) is 22.4 Å². The van der Waals surface area contributed by atoms with Crippen LogP contribution in [0.2, 0.25) is 0 Å². The Labute approximate surface area is 106 Å². The number of nitrogens with zero attached hydrogens (tertiary/aromatic N) is 1. The number of rotatable bonds is 3. The fourth-order valence-corrected chi connectivity index (χ4v) is 2.07. The van der Waals surface area contributed by atoms with Crippen molar-refractivity contribution >= 4 is 34.8 Å². The number of hydrogen-bond donors (Lipinski definition) is 0. The molecule has 0 spiro atoms. The van der Waals surface area contributed by atoms with Crippen LogP contribution in [0.3, 0.4) is 0 Å². The van der Waals surface area contributed by atoms with Gasteiger partial charge in [0.25, 0.3) is 0 Å². The Hall–Kier alpha value is -0.730. The van der Waals surface area contributed by atoms with Crippen molar-refractivity contribution in [3.63, 3.8) is 0 Å². The lowest BCUT2D eigenvalue weighted by Gasteiger charge is -2.24. The molecule has 88 valence electrons. The Kier molecular flexibility index (Phi) is 4.63. The van der Waals surface area contributed by atoms with Gasteiger partial charge in [0, 0.05) is 0 Å². The summed E-state index contributed by atoms with van der Waals surface area (Å²) in [4.78, 5) is 13.2. The van der Waals surface area contributed by atoms with Gasteiger partial charge in [-0.15, -0.1) is 23.2 Å². The number of benzene rings is 1. The number of carbonyl (C=O) groups is 1. The van der Waals surface area contributed by atoms with E-state index in [1.807, 2.05) is 32.9 Å². The minimum atomic E-state index is -0.173. The molecule has 0 atom stereocenters. The number of halogens is 2. The van der Waals surface area contributed by atoms with Crippen LogP contribution in [-0.2, 0) is 4.79 Å². The molecule has 16 heavy (non-hydrogen) atoms. The minimum Gasteiger partial charge on any atom is -0.297 e. The van der Waals surface area contributed by atoms with Crippen LogP contribution in [0.5, 0.6) is 0 Å². The minimum absolute atomic E-state index is 0.0560. The molecule has 0 saturated carbocycles. The van der Waals surface area contributed by atoms with Crippen molar-refractivity contribution < 1.29 is 4.79 Å². The van der Waals surface area contributed by atoms with Crippen molar-refractivity contribution in [3.8, 4) is 0 Å². The van der Waals surface area contributed by atoms with E-state index in [1.165, 1.54) is 4.90 Å². The summed E-state index contributed by atoms with van der Waals surface area (Å²) < 4.78 is 0. The van der Waals surface area contributed by atoms with Gasteiger partial charge in [-0.2, -0.15) is 0 Å². The van der Waals surface area contributed by atoms with Crippen molar-refractivity contribution in [2.45, 2.75) is 20.8 Å². The second-order valence-corrected chi connectivity index (χ2v) is 4.25. The standard InChI is InChI=1S/C12H15Cl2NO/c1-8-4-5-9(2)12(10(8)3)15(7-14)11(16)6-13/h4-5H,6-7H2,1-3H3. The zero-order valence-electron chi connectivity index (χ0n) is 9.68. The second kappa shape index (κ2) is 5.55. The van der Waals surface area contributed by atoms with Crippen LogP contribution in [0.15, 0.2) is 12.1 Å². The molecule has 0 aliphatic heterocycles. The predicted molar refractivity (Wildman–Crippen MR) is 69.6 cm³/mol. The summed E-state index contributed by atoms with van der Waals surface area (Å²) >= 11 is 11.4. The average Bonchev–Trinajstić information content (AvgIpc) is 2.28. The van der Waals surface area contributed by atoms with E-state index < -0.39 is 0 Å². The maximum absolute atomic E-state index is 11.7. The highest BCUT2D eigenvalue weighted by molar-refractivity contribution is 6.31. The molecule has 0 aliphatic rings. The first-order chi connectivity index (χ1) is 7.52. The third-order valence-corrected chi connectivity index (χ3v) is 3.18. The summed E-state index contributed by atoms with van der Waals surface area (Å²) in [5.74, 6) is -0.229. The van der Waals surface area contributed by atoms with Gasteiger partial charge < -0.3 is 0 Å². The fraction of sp³-hybridized carbons (Fsp3) is 0.417.